The van der Waals surface area contributed by atoms with E-state index in [1.165, 1.54) is 0 Å². The highest BCUT2D eigenvalue weighted by atomic mass is 16.3. The molecule has 3 heteroatoms. The number of anilines is 1. The second-order valence-electron chi connectivity index (χ2n) is 3.96. The lowest BCUT2D eigenvalue weighted by Crippen LogP contribution is -2.00. The molecule has 0 aliphatic carbocycles. The Bertz CT molecular complexity index is 503. The number of nitrogens with two attached hydrogens (primary N) is 1. The molecule has 3 N–H and O–H groups in total. The summed E-state index contributed by atoms with van der Waals surface area (Å²) in [7, 11) is 0. The van der Waals surface area contributed by atoms with E-state index in [1.807, 2.05) is 24.3 Å². The largest absolute Gasteiger partial charge is 0.469 e. The summed E-state index contributed by atoms with van der Waals surface area (Å²) < 4.78 is 5.42. The van der Waals surface area contributed by atoms with Crippen LogP contribution in [0.1, 0.15) is 18.2 Å². The van der Waals surface area contributed by atoms with E-state index in [2.05, 4.69) is 6.92 Å². The van der Waals surface area contributed by atoms with Crippen molar-refractivity contribution in [1.29, 1.82) is 0 Å². The molecule has 1 aromatic heterocycles. The molecular formula is C14H17NO2. The third-order valence-electron chi connectivity index (χ3n) is 2.93. The van der Waals surface area contributed by atoms with Gasteiger partial charge in [-0.25, -0.2) is 0 Å². The molecule has 0 fully saturated rings. The normalized spacial score (nSPS) is 10.7. The molecule has 0 unspecified atom stereocenters. The highest BCUT2D eigenvalue weighted by Gasteiger charge is 2.11. The van der Waals surface area contributed by atoms with E-state index in [0.717, 1.165) is 34.6 Å². The molecule has 0 bridgehead atoms. The quantitative estimate of drug-likeness (QED) is 0.795. The van der Waals surface area contributed by atoms with Crippen molar-refractivity contribution in [2.75, 3.05) is 12.3 Å². The van der Waals surface area contributed by atoms with E-state index < -0.39 is 0 Å². The predicted molar refractivity (Wildman–Crippen MR) is 68.7 cm³/mol. The fourth-order valence-electron chi connectivity index (χ4n) is 2.04. The molecule has 1 heterocycles. The van der Waals surface area contributed by atoms with Crippen LogP contribution in [0.4, 0.5) is 5.69 Å². The summed E-state index contributed by atoms with van der Waals surface area (Å²) in [4.78, 5) is 0. The summed E-state index contributed by atoms with van der Waals surface area (Å²) in [6, 6.07) is 7.83. The maximum absolute atomic E-state index is 8.99. The van der Waals surface area contributed by atoms with Gasteiger partial charge in [-0.2, -0.15) is 0 Å². The summed E-state index contributed by atoms with van der Waals surface area (Å²) >= 11 is 0. The molecule has 0 aliphatic rings. The number of para-hydroxylation sites is 1. The number of hydrogen-bond donors (Lipinski definition) is 2. The number of hydrogen-bond acceptors (Lipinski definition) is 3. The smallest absolute Gasteiger partial charge is 0.111 e. The van der Waals surface area contributed by atoms with Crippen molar-refractivity contribution in [3.63, 3.8) is 0 Å². The van der Waals surface area contributed by atoms with Crippen LogP contribution < -0.4 is 5.73 Å². The lowest BCUT2D eigenvalue weighted by molar-refractivity contribution is 0.300. The molecule has 90 valence electrons. The first-order valence-corrected chi connectivity index (χ1v) is 5.82. The first kappa shape index (κ1) is 11.7. The number of nitrogen functional groups attached to an aromatic ring is 1. The van der Waals surface area contributed by atoms with Gasteiger partial charge in [0, 0.05) is 29.8 Å². The molecule has 0 radical (unpaired) electrons. The number of aryl methyl sites for hydroxylation is 1. The molecular weight excluding hydrogens is 214 g/mol. The Morgan fingerprint density at radius 3 is 2.76 bits per heavy atom. The van der Waals surface area contributed by atoms with E-state index in [4.69, 9.17) is 15.3 Å². The van der Waals surface area contributed by atoms with Gasteiger partial charge in [-0.3, -0.25) is 0 Å². The minimum Gasteiger partial charge on any atom is -0.469 e. The van der Waals surface area contributed by atoms with Crippen LogP contribution in [0.2, 0.25) is 0 Å². The minimum atomic E-state index is 0.111. The molecule has 0 atom stereocenters. The van der Waals surface area contributed by atoms with E-state index in [9.17, 15) is 0 Å². The molecule has 0 spiro atoms. The third-order valence-corrected chi connectivity index (χ3v) is 2.93. The molecule has 2 rings (SSSR count). The zero-order valence-electron chi connectivity index (χ0n) is 9.94. The Morgan fingerprint density at radius 2 is 2.06 bits per heavy atom. The van der Waals surface area contributed by atoms with Gasteiger partial charge >= 0.3 is 0 Å². The van der Waals surface area contributed by atoms with Crippen LogP contribution in [0.15, 0.2) is 34.9 Å². The van der Waals surface area contributed by atoms with Gasteiger partial charge in [0.1, 0.15) is 5.76 Å². The summed E-state index contributed by atoms with van der Waals surface area (Å²) in [5.41, 5.74) is 9.88. The minimum absolute atomic E-state index is 0.111. The molecule has 0 aliphatic heterocycles. The number of aliphatic hydroxyl groups is 1. The van der Waals surface area contributed by atoms with Gasteiger partial charge in [-0.1, -0.05) is 25.1 Å². The van der Waals surface area contributed by atoms with Gasteiger partial charge in [0.25, 0.3) is 0 Å². The summed E-state index contributed by atoms with van der Waals surface area (Å²) in [6.45, 7) is 2.16. The van der Waals surface area contributed by atoms with Crippen molar-refractivity contribution in [2.45, 2.75) is 19.8 Å². The van der Waals surface area contributed by atoms with E-state index in [0.29, 0.717) is 6.42 Å². The van der Waals surface area contributed by atoms with Gasteiger partial charge in [0.2, 0.25) is 0 Å². The number of rotatable bonds is 4. The molecule has 2 aromatic rings. The molecule has 0 amide bonds. The van der Waals surface area contributed by atoms with Crippen LogP contribution in [-0.2, 0) is 12.8 Å². The Morgan fingerprint density at radius 1 is 1.24 bits per heavy atom. The SMILES string of the molecule is CCc1occc1-c1cccc(CCO)c1N. The van der Waals surface area contributed by atoms with Crippen LogP contribution >= 0.6 is 0 Å². The summed E-state index contributed by atoms with van der Waals surface area (Å²) in [5, 5.41) is 8.99. The Labute approximate surface area is 101 Å². The van der Waals surface area contributed by atoms with Crippen LogP contribution in [0.3, 0.4) is 0 Å². The second-order valence-corrected chi connectivity index (χ2v) is 3.96. The number of furan rings is 1. The molecule has 1 aromatic carbocycles. The van der Waals surface area contributed by atoms with Crippen LogP contribution in [0, 0.1) is 0 Å². The van der Waals surface area contributed by atoms with Crippen molar-refractivity contribution in [2.24, 2.45) is 0 Å². The first-order valence-electron chi connectivity index (χ1n) is 5.82. The average molecular weight is 231 g/mol. The second kappa shape index (κ2) is 5.06. The van der Waals surface area contributed by atoms with Crippen LogP contribution in [0.5, 0.6) is 0 Å². The van der Waals surface area contributed by atoms with Gasteiger partial charge in [-0.05, 0) is 18.1 Å². The van der Waals surface area contributed by atoms with Crippen molar-refractivity contribution in [3.05, 3.63) is 41.9 Å². The van der Waals surface area contributed by atoms with Crippen molar-refractivity contribution < 1.29 is 9.52 Å². The van der Waals surface area contributed by atoms with Gasteiger partial charge in [-0.15, -0.1) is 0 Å². The van der Waals surface area contributed by atoms with Gasteiger partial charge < -0.3 is 15.3 Å². The molecule has 3 nitrogen and oxygen atoms in total. The van der Waals surface area contributed by atoms with Crippen molar-refractivity contribution >= 4 is 5.69 Å². The zero-order chi connectivity index (χ0) is 12.3. The fourth-order valence-corrected chi connectivity index (χ4v) is 2.04. The van der Waals surface area contributed by atoms with E-state index in [-0.39, 0.29) is 6.61 Å². The van der Waals surface area contributed by atoms with Gasteiger partial charge in [0.05, 0.1) is 6.26 Å². The van der Waals surface area contributed by atoms with Gasteiger partial charge in [0.15, 0.2) is 0 Å². The first-order chi connectivity index (χ1) is 8.27. The van der Waals surface area contributed by atoms with Crippen LogP contribution in [0.25, 0.3) is 11.1 Å². The Hall–Kier alpha value is -1.74. The zero-order valence-corrected chi connectivity index (χ0v) is 9.94. The fraction of sp³-hybridized carbons (Fsp3) is 0.286. The van der Waals surface area contributed by atoms with Crippen molar-refractivity contribution in [1.82, 2.24) is 0 Å². The van der Waals surface area contributed by atoms with Crippen molar-refractivity contribution in [3.8, 4) is 11.1 Å². The highest BCUT2D eigenvalue weighted by Crippen LogP contribution is 2.32. The number of aliphatic hydroxyl groups excluding tert-OH is 1. The highest BCUT2D eigenvalue weighted by molar-refractivity contribution is 5.79. The maximum Gasteiger partial charge on any atom is 0.111 e. The monoisotopic (exact) mass is 231 g/mol. The van der Waals surface area contributed by atoms with E-state index >= 15 is 0 Å². The molecule has 0 saturated heterocycles. The molecule has 17 heavy (non-hydrogen) atoms. The average Bonchev–Trinajstić information content (AvgIpc) is 2.80. The third kappa shape index (κ3) is 2.19. The molecule has 0 saturated carbocycles. The summed E-state index contributed by atoms with van der Waals surface area (Å²) in [5.74, 6) is 0.942. The topological polar surface area (TPSA) is 59.4 Å². The predicted octanol–water partition coefficient (Wildman–Crippen LogP) is 2.63. The number of benzene rings is 1. The maximum atomic E-state index is 8.99. The lowest BCUT2D eigenvalue weighted by atomic mass is 9.99. The van der Waals surface area contributed by atoms with E-state index in [1.54, 1.807) is 6.26 Å². The lowest BCUT2D eigenvalue weighted by Gasteiger charge is -2.10. The Kier molecular flexibility index (Phi) is 3.49. The Balaban J connectivity index is 2.49. The summed E-state index contributed by atoms with van der Waals surface area (Å²) in [6.07, 6.45) is 3.11. The van der Waals surface area contributed by atoms with Crippen LogP contribution in [-0.4, -0.2) is 11.7 Å². The standard InChI is InChI=1S/C14H17NO2/c1-2-13-11(7-9-17-13)12-5-3-4-10(6-8-16)14(12)15/h3-5,7,9,16H,2,6,8,15H2,1H3.